The van der Waals surface area contributed by atoms with Crippen LogP contribution in [-0.2, 0) is 12.8 Å². The number of nitrogens with zero attached hydrogens (tertiary/aromatic N) is 1. The molecule has 4 nitrogen and oxygen atoms in total. The predicted molar refractivity (Wildman–Crippen MR) is 125 cm³/mol. The third-order valence-corrected chi connectivity index (χ3v) is 5.46. The maximum atomic E-state index is 13.9. The molecule has 0 saturated carbocycles. The summed E-state index contributed by atoms with van der Waals surface area (Å²) in [6, 6.07) is 21.4. The zero-order valence-corrected chi connectivity index (χ0v) is 18.8. The molecule has 0 amide bonds. The molecule has 0 aliphatic carbocycles. The van der Waals surface area contributed by atoms with Gasteiger partial charge in [-0.3, -0.25) is 14.6 Å². The van der Waals surface area contributed by atoms with Gasteiger partial charge in [0.25, 0.3) is 0 Å². The molecule has 3 aromatic carbocycles. The third-order valence-electron chi connectivity index (χ3n) is 5.46. The van der Waals surface area contributed by atoms with Gasteiger partial charge in [-0.05, 0) is 46.5 Å². The quantitative estimate of drug-likeness (QED) is 0.204. The molecule has 0 atom stereocenters. The Hall–Kier alpha value is -4.33. The molecule has 0 bridgehead atoms. The molecule has 4 rings (SSSR count). The van der Waals surface area contributed by atoms with Gasteiger partial charge in [0.05, 0.1) is 11.8 Å². The Bertz CT molecular complexity index is 1380. The van der Waals surface area contributed by atoms with Gasteiger partial charge >= 0.3 is 6.36 Å². The van der Waals surface area contributed by atoms with Gasteiger partial charge in [0.2, 0.25) is 0 Å². The fourth-order valence-corrected chi connectivity index (χ4v) is 3.68. The van der Waals surface area contributed by atoms with Crippen molar-refractivity contribution >= 4 is 11.6 Å². The first-order valence-corrected chi connectivity index (χ1v) is 10.9. The molecule has 0 spiro atoms. The van der Waals surface area contributed by atoms with E-state index in [-0.39, 0.29) is 17.5 Å². The molecule has 0 aliphatic rings. The van der Waals surface area contributed by atoms with Crippen LogP contribution in [0, 0.1) is 5.82 Å². The lowest BCUT2D eigenvalue weighted by Crippen LogP contribution is -2.20. The Morgan fingerprint density at radius 3 is 2.17 bits per heavy atom. The standard InChI is InChI=1S/C28H19F4NO3/c29-24-17-33-13-12-21(24)16-26(35)23-15-22(10-11-27(23)36-28(30,31)32)25(34)14-18-6-8-20(9-7-18)19-4-2-1-3-5-19/h1-13,15,17H,14,16H2. The molecule has 0 N–H and O–H groups in total. The molecule has 4 aromatic rings. The fourth-order valence-electron chi connectivity index (χ4n) is 3.68. The second kappa shape index (κ2) is 10.5. The zero-order chi connectivity index (χ0) is 25.7. The minimum absolute atomic E-state index is 0.0266. The SMILES string of the molecule is O=C(Cc1ccc(-c2ccccc2)cc1)c1ccc(OC(F)(F)F)c(C(=O)Cc2ccncc2F)c1. The van der Waals surface area contributed by atoms with Gasteiger partial charge in [-0.2, -0.15) is 0 Å². The average Bonchev–Trinajstić information content (AvgIpc) is 2.85. The van der Waals surface area contributed by atoms with E-state index in [1.165, 1.54) is 18.3 Å². The predicted octanol–water partition coefficient (Wildman–Crippen LogP) is 6.64. The number of ketones is 2. The fraction of sp³-hybridized carbons (Fsp3) is 0.107. The number of hydrogen-bond donors (Lipinski definition) is 0. The normalized spacial score (nSPS) is 11.2. The number of hydrogen-bond acceptors (Lipinski definition) is 4. The largest absolute Gasteiger partial charge is 0.573 e. The van der Waals surface area contributed by atoms with Crippen molar-refractivity contribution in [2.24, 2.45) is 0 Å². The van der Waals surface area contributed by atoms with E-state index in [0.717, 1.165) is 29.5 Å². The van der Waals surface area contributed by atoms with E-state index in [1.54, 1.807) is 12.1 Å². The van der Waals surface area contributed by atoms with E-state index in [4.69, 9.17) is 0 Å². The lowest BCUT2D eigenvalue weighted by Gasteiger charge is -2.14. The Kier molecular flexibility index (Phi) is 7.24. The van der Waals surface area contributed by atoms with Crippen LogP contribution in [-0.4, -0.2) is 22.9 Å². The summed E-state index contributed by atoms with van der Waals surface area (Å²) >= 11 is 0. The summed E-state index contributed by atoms with van der Waals surface area (Å²) in [7, 11) is 0. The molecular weight excluding hydrogens is 474 g/mol. The lowest BCUT2D eigenvalue weighted by atomic mass is 9.96. The van der Waals surface area contributed by atoms with Crippen LogP contribution in [0.4, 0.5) is 17.6 Å². The summed E-state index contributed by atoms with van der Waals surface area (Å²) in [5.41, 5.74) is 2.22. The summed E-state index contributed by atoms with van der Waals surface area (Å²) < 4.78 is 56.7. The third kappa shape index (κ3) is 6.21. The molecule has 0 saturated heterocycles. The number of pyridine rings is 1. The number of carbonyl (C=O) groups is 2. The number of halogens is 4. The van der Waals surface area contributed by atoms with Crippen molar-refractivity contribution in [2.75, 3.05) is 0 Å². The van der Waals surface area contributed by atoms with Gasteiger partial charge in [0.15, 0.2) is 11.6 Å². The summed E-state index contributed by atoms with van der Waals surface area (Å²) in [5.74, 6) is -2.76. The van der Waals surface area contributed by atoms with Crippen LogP contribution in [0.1, 0.15) is 31.8 Å². The minimum Gasteiger partial charge on any atom is -0.405 e. The Labute approximate surface area is 204 Å². The molecule has 182 valence electrons. The Morgan fingerprint density at radius 2 is 1.50 bits per heavy atom. The first-order valence-electron chi connectivity index (χ1n) is 10.9. The maximum absolute atomic E-state index is 13.9. The summed E-state index contributed by atoms with van der Waals surface area (Å²) in [6.07, 6.45) is -3.44. The monoisotopic (exact) mass is 493 g/mol. The molecule has 8 heteroatoms. The van der Waals surface area contributed by atoms with Crippen molar-refractivity contribution in [3.8, 4) is 16.9 Å². The zero-order valence-electron chi connectivity index (χ0n) is 18.8. The van der Waals surface area contributed by atoms with Gasteiger partial charge in [-0.15, -0.1) is 13.2 Å². The van der Waals surface area contributed by atoms with Crippen LogP contribution in [0.2, 0.25) is 0 Å². The molecule has 0 unspecified atom stereocenters. The number of carbonyl (C=O) groups excluding carboxylic acids is 2. The van der Waals surface area contributed by atoms with E-state index in [9.17, 15) is 27.2 Å². The summed E-state index contributed by atoms with van der Waals surface area (Å²) in [5, 5.41) is 0. The van der Waals surface area contributed by atoms with Crippen molar-refractivity contribution in [1.82, 2.24) is 4.98 Å². The van der Waals surface area contributed by atoms with Crippen LogP contribution in [0.15, 0.2) is 91.3 Å². The van der Waals surface area contributed by atoms with Crippen LogP contribution in [0.25, 0.3) is 11.1 Å². The molecule has 1 aromatic heterocycles. The number of ether oxygens (including phenoxy) is 1. The lowest BCUT2D eigenvalue weighted by molar-refractivity contribution is -0.274. The van der Waals surface area contributed by atoms with Gasteiger partial charge < -0.3 is 4.74 Å². The number of aromatic nitrogens is 1. The molecule has 0 radical (unpaired) electrons. The number of Topliss-reactive ketones (excluding diaryl/α,β-unsaturated/α-hetero) is 2. The molecule has 0 fully saturated rings. The minimum atomic E-state index is -5.05. The second-order valence-electron chi connectivity index (χ2n) is 7.99. The highest BCUT2D eigenvalue weighted by atomic mass is 19.4. The molecule has 0 aliphatic heterocycles. The van der Waals surface area contributed by atoms with E-state index in [1.807, 2.05) is 42.5 Å². The van der Waals surface area contributed by atoms with Crippen molar-refractivity contribution < 1.29 is 31.9 Å². The van der Waals surface area contributed by atoms with Gasteiger partial charge in [-0.25, -0.2) is 4.39 Å². The van der Waals surface area contributed by atoms with Crippen molar-refractivity contribution in [3.05, 3.63) is 119 Å². The highest BCUT2D eigenvalue weighted by Crippen LogP contribution is 2.29. The number of alkyl halides is 3. The van der Waals surface area contributed by atoms with E-state index < -0.39 is 41.5 Å². The maximum Gasteiger partial charge on any atom is 0.573 e. The van der Waals surface area contributed by atoms with E-state index in [2.05, 4.69) is 9.72 Å². The van der Waals surface area contributed by atoms with Crippen LogP contribution in [0.5, 0.6) is 5.75 Å². The Morgan fingerprint density at radius 1 is 0.806 bits per heavy atom. The van der Waals surface area contributed by atoms with Gasteiger partial charge in [0.1, 0.15) is 11.6 Å². The molecule has 1 heterocycles. The highest BCUT2D eigenvalue weighted by Gasteiger charge is 2.33. The van der Waals surface area contributed by atoms with E-state index in [0.29, 0.717) is 5.56 Å². The van der Waals surface area contributed by atoms with Crippen LogP contribution in [0.3, 0.4) is 0 Å². The first-order chi connectivity index (χ1) is 17.2. The van der Waals surface area contributed by atoms with Crippen LogP contribution >= 0.6 is 0 Å². The first kappa shape index (κ1) is 24.8. The second-order valence-corrected chi connectivity index (χ2v) is 7.99. The van der Waals surface area contributed by atoms with Crippen molar-refractivity contribution in [1.29, 1.82) is 0 Å². The van der Waals surface area contributed by atoms with Crippen molar-refractivity contribution in [2.45, 2.75) is 19.2 Å². The summed E-state index contributed by atoms with van der Waals surface area (Å²) in [4.78, 5) is 29.3. The smallest absolute Gasteiger partial charge is 0.405 e. The number of benzene rings is 3. The number of rotatable bonds is 8. The average molecular weight is 493 g/mol. The van der Waals surface area contributed by atoms with Crippen LogP contribution < -0.4 is 4.74 Å². The topological polar surface area (TPSA) is 56.3 Å². The van der Waals surface area contributed by atoms with Gasteiger partial charge in [-0.1, -0.05) is 54.6 Å². The van der Waals surface area contributed by atoms with Gasteiger partial charge in [0, 0.05) is 24.6 Å². The summed E-state index contributed by atoms with van der Waals surface area (Å²) in [6.45, 7) is 0. The van der Waals surface area contributed by atoms with E-state index >= 15 is 0 Å². The molecular formula is C28H19F4NO3. The Balaban J connectivity index is 1.57. The highest BCUT2D eigenvalue weighted by molar-refractivity contribution is 6.04. The molecule has 36 heavy (non-hydrogen) atoms. The van der Waals surface area contributed by atoms with Crippen molar-refractivity contribution in [3.63, 3.8) is 0 Å².